The lowest BCUT2D eigenvalue weighted by molar-refractivity contribution is -0.120. The van der Waals surface area contributed by atoms with Crippen LogP contribution in [0, 0.1) is 11.7 Å². The highest BCUT2D eigenvalue weighted by atomic mass is 35.5. The van der Waals surface area contributed by atoms with Gasteiger partial charge < -0.3 is 5.32 Å². The topological polar surface area (TPSA) is 66.5 Å². The molecule has 1 fully saturated rings. The Bertz CT molecular complexity index is 651. The molecule has 1 saturated heterocycles. The van der Waals surface area contributed by atoms with Crippen LogP contribution in [0.25, 0.3) is 0 Å². The van der Waals surface area contributed by atoms with E-state index in [1.807, 2.05) is 0 Å². The molecule has 5 nitrogen and oxygen atoms in total. The molecular formula is C13H16ClFN2O3S. The molecule has 1 atom stereocenters. The van der Waals surface area contributed by atoms with Gasteiger partial charge in [-0.1, -0.05) is 11.6 Å². The van der Waals surface area contributed by atoms with Crippen LogP contribution in [-0.4, -0.2) is 38.0 Å². The molecule has 0 radical (unpaired) electrons. The number of carbonyl (C=O) groups excluding carboxylic acids is 1. The summed E-state index contributed by atoms with van der Waals surface area (Å²) in [5.41, 5.74) is 0.304. The molecule has 0 bridgehead atoms. The molecular weight excluding hydrogens is 319 g/mol. The van der Waals surface area contributed by atoms with E-state index in [1.54, 1.807) is 0 Å². The minimum Gasteiger partial charge on any atom is -0.326 e. The minimum atomic E-state index is -3.30. The van der Waals surface area contributed by atoms with Crippen LogP contribution in [0.4, 0.5) is 10.1 Å². The molecule has 1 amide bonds. The van der Waals surface area contributed by atoms with Crippen LogP contribution in [0.15, 0.2) is 18.2 Å². The molecule has 0 aliphatic carbocycles. The summed E-state index contributed by atoms with van der Waals surface area (Å²) >= 11 is 5.57. The highest BCUT2D eigenvalue weighted by Crippen LogP contribution is 2.22. The Kier molecular flexibility index (Phi) is 4.85. The number of benzene rings is 1. The Morgan fingerprint density at radius 1 is 1.48 bits per heavy atom. The fraction of sp³-hybridized carbons (Fsp3) is 0.462. The first-order valence-corrected chi connectivity index (χ1v) is 8.71. The van der Waals surface area contributed by atoms with E-state index < -0.39 is 21.8 Å². The summed E-state index contributed by atoms with van der Waals surface area (Å²) in [6, 6.07) is 3.99. The maximum atomic E-state index is 13.3. The second-order valence-corrected chi connectivity index (χ2v) is 7.47. The zero-order chi connectivity index (χ0) is 15.6. The van der Waals surface area contributed by atoms with Crippen molar-refractivity contribution in [2.24, 2.45) is 5.92 Å². The van der Waals surface area contributed by atoms with Gasteiger partial charge in [-0.2, -0.15) is 0 Å². The number of hydrogen-bond donors (Lipinski definition) is 1. The molecule has 2 rings (SSSR count). The van der Waals surface area contributed by atoms with Crippen molar-refractivity contribution in [1.29, 1.82) is 0 Å². The second kappa shape index (κ2) is 6.29. The van der Waals surface area contributed by atoms with Crippen molar-refractivity contribution in [3.8, 4) is 0 Å². The number of piperidine rings is 1. The summed E-state index contributed by atoms with van der Waals surface area (Å²) < 4.78 is 37.7. The summed E-state index contributed by atoms with van der Waals surface area (Å²) in [5.74, 6) is -1.37. The molecule has 1 heterocycles. The summed E-state index contributed by atoms with van der Waals surface area (Å²) in [4.78, 5) is 12.1. The van der Waals surface area contributed by atoms with Crippen molar-refractivity contribution < 1.29 is 17.6 Å². The van der Waals surface area contributed by atoms with E-state index in [0.29, 0.717) is 25.1 Å². The summed E-state index contributed by atoms with van der Waals surface area (Å²) in [5, 5.41) is 2.57. The van der Waals surface area contributed by atoms with Crippen molar-refractivity contribution in [1.82, 2.24) is 4.31 Å². The molecule has 0 aromatic heterocycles. The summed E-state index contributed by atoms with van der Waals surface area (Å²) in [7, 11) is -3.30. The average Bonchev–Trinajstić information content (AvgIpc) is 2.42. The second-order valence-electron chi connectivity index (χ2n) is 5.08. The molecule has 21 heavy (non-hydrogen) atoms. The molecule has 1 N–H and O–H groups in total. The first kappa shape index (κ1) is 16.2. The van der Waals surface area contributed by atoms with Gasteiger partial charge in [0, 0.05) is 18.8 Å². The maximum absolute atomic E-state index is 13.3. The first-order valence-electron chi connectivity index (χ1n) is 6.48. The number of nitrogens with one attached hydrogen (secondary N) is 1. The van der Waals surface area contributed by atoms with Gasteiger partial charge >= 0.3 is 0 Å². The van der Waals surface area contributed by atoms with Crippen LogP contribution in [-0.2, 0) is 14.8 Å². The van der Waals surface area contributed by atoms with E-state index in [4.69, 9.17) is 11.6 Å². The molecule has 1 aliphatic rings. The van der Waals surface area contributed by atoms with Crippen LogP contribution in [0.3, 0.4) is 0 Å². The number of amides is 1. The molecule has 0 spiro atoms. The zero-order valence-corrected chi connectivity index (χ0v) is 13.0. The molecule has 1 aliphatic heterocycles. The normalized spacial score (nSPS) is 20.2. The van der Waals surface area contributed by atoms with E-state index in [2.05, 4.69) is 5.32 Å². The molecule has 0 saturated carbocycles. The van der Waals surface area contributed by atoms with Crippen molar-refractivity contribution in [2.45, 2.75) is 12.8 Å². The van der Waals surface area contributed by atoms with Crippen LogP contribution in [0.2, 0.25) is 5.02 Å². The monoisotopic (exact) mass is 334 g/mol. The van der Waals surface area contributed by atoms with Gasteiger partial charge in [0.15, 0.2) is 0 Å². The fourth-order valence-electron chi connectivity index (χ4n) is 2.28. The van der Waals surface area contributed by atoms with Crippen LogP contribution in [0.5, 0.6) is 0 Å². The Hall–Kier alpha value is -1.18. The van der Waals surface area contributed by atoms with Gasteiger partial charge in [0.2, 0.25) is 15.9 Å². The number of nitrogens with zero attached hydrogens (tertiary/aromatic N) is 1. The molecule has 8 heteroatoms. The molecule has 1 aromatic carbocycles. The zero-order valence-electron chi connectivity index (χ0n) is 11.5. The van der Waals surface area contributed by atoms with E-state index in [0.717, 1.165) is 12.3 Å². The first-order chi connectivity index (χ1) is 9.77. The number of rotatable bonds is 3. The predicted molar refractivity (Wildman–Crippen MR) is 79.2 cm³/mol. The van der Waals surface area contributed by atoms with Gasteiger partial charge in [0.1, 0.15) is 5.82 Å². The van der Waals surface area contributed by atoms with E-state index in [1.165, 1.54) is 16.4 Å². The van der Waals surface area contributed by atoms with E-state index in [-0.39, 0.29) is 17.5 Å². The van der Waals surface area contributed by atoms with Gasteiger partial charge in [0.05, 0.1) is 17.2 Å². The highest BCUT2D eigenvalue weighted by Gasteiger charge is 2.30. The van der Waals surface area contributed by atoms with Gasteiger partial charge in [-0.3, -0.25) is 4.79 Å². The van der Waals surface area contributed by atoms with Crippen LogP contribution >= 0.6 is 11.6 Å². The van der Waals surface area contributed by atoms with E-state index >= 15 is 0 Å². The van der Waals surface area contributed by atoms with E-state index in [9.17, 15) is 17.6 Å². The largest absolute Gasteiger partial charge is 0.326 e. The number of hydrogen-bond acceptors (Lipinski definition) is 3. The highest BCUT2D eigenvalue weighted by molar-refractivity contribution is 7.88. The Morgan fingerprint density at radius 3 is 2.81 bits per heavy atom. The van der Waals surface area contributed by atoms with Crippen molar-refractivity contribution in [3.63, 3.8) is 0 Å². The number of carbonyl (C=O) groups is 1. The SMILES string of the molecule is CS(=O)(=O)N1CCCC(C(=O)Nc2ccc(Cl)c(F)c2)C1. The van der Waals surface area contributed by atoms with Crippen LogP contribution in [0.1, 0.15) is 12.8 Å². The number of anilines is 1. The maximum Gasteiger partial charge on any atom is 0.228 e. The number of sulfonamides is 1. The molecule has 1 aromatic rings. The third-order valence-electron chi connectivity index (χ3n) is 3.41. The Morgan fingerprint density at radius 2 is 2.19 bits per heavy atom. The van der Waals surface area contributed by atoms with Gasteiger partial charge in [0.25, 0.3) is 0 Å². The third-order valence-corrected chi connectivity index (χ3v) is 4.99. The lowest BCUT2D eigenvalue weighted by Crippen LogP contribution is -2.43. The minimum absolute atomic E-state index is 0.0195. The van der Waals surface area contributed by atoms with Crippen LogP contribution < -0.4 is 5.32 Å². The fourth-order valence-corrected chi connectivity index (χ4v) is 3.30. The van der Waals surface area contributed by atoms with Gasteiger partial charge in [-0.15, -0.1) is 0 Å². The smallest absolute Gasteiger partial charge is 0.228 e. The van der Waals surface area contributed by atoms with Crippen molar-refractivity contribution >= 4 is 33.2 Å². The molecule has 1 unspecified atom stereocenters. The Labute approximate surface area is 128 Å². The average molecular weight is 335 g/mol. The summed E-state index contributed by atoms with van der Waals surface area (Å²) in [6.07, 6.45) is 2.36. The quantitative estimate of drug-likeness (QED) is 0.920. The van der Waals surface area contributed by atoms with Crippen molar-refractivity contribution in [3.05, 3.63) is 29.0 Å². The van der Waals surface area contributed by atoms with Crippen molar-refractivity contribution in [2.75, 3.05) is 24.7 Å². The van der Waals surface area contributed by atoms with Gasteiger partial charge in [-0.25, -0.2) is 17.1 Å². The third kappa shape index (κ3) is 4.15. The van der Waals surface area contributed by atoms with Gasteiger partial charge in [-0.05, 0) is 31.0 Å². The lowest BCUT2D eigenvalue weighted by Gasteiger charge is -2.30. The predicted octanol–water partition coefficient (Wildman–Crippen LogP) is 2.09. The standard InChI is InChI=1S/C13H16ClFN2O3S/c1-21(19,20)17-6-2-3-9(8-17)13(18)16-10-4-5-11(14)12(15)7-10/h4-5,7,9H,2-3,6,8H2,1H3,(H,16,18). The number of halogens is 2. The summed E-state index contributed by atoms with van der Waals surface area (Å²) in [6.45, 7) is 0.582. The molecule has 116 valence electrons. The Balaban J connectivity index is 2.04. The lowest BCUT2D eigenvalue weighted by atomic mass is 9.99.